The fourth-order valence-corrected chi connectivity index (χ4v) is 2.81. The molecular weight excluding hydrogens is 280 g/mol. The highest BCUT2D eigenvalue weighted by Crippen LogP contribution is 2.21. The average molecular weight is 302 g/mol. The summed E-state index contributed by atoms with van der Waals surface area (Å²) in [5.41, 5.74) is 1.61. The van der Waals surface area contributed by atoms with Gasteiger partial charge in [-0.2, -0.15) is 5.10 Å². The largest absolute Gasteiger partial charge is 0.378 e. The van der Waals surface area contributed by atoms with Crippen molar-refractivity contribution in [2.45, 2.75) is 31.8 Å². The van der Waals surface area contributed by atoms with Gasteiger partial charge in [-0.05, 0) is 31.7 Å². The second-order valence-electron chi connectivity index (χ2n) is 5.77. The number of anilines is 1. The Morgan fingerprint density at radius 2 is 2.45 bits per heavy atom. The van der Waals surface area contributed by atoms with Crippen LogP contribution in [0.3, 0.4) is 0 Å². The Labute approximate surface area is 129 Å². The first-order valence-corrected chi connectivity index (χ1v) is 7.80. The number of nitrogens with zero attached hydrogens (tertiary/aromatic N) is 2. The van der Waals surface area contributed by atoms with Gasteiger partial charge in [0.25, 0.3) is 0 Å². The number of hydrogen-bond acceptors (Lipinski definition) is 3. The van der Waals surface area contributed by atoms with Crippen molar-refractivity contribution in [3.05, 3.63) is 24.4 Å². The lowest BCUT2D eigenvalue weighted by Crippen LogP contribution is -2.32. The molecule has 1 atom stereocenters. The molecule has 3 rings (SSSR count). The lowest BCUT2D eigenvalue weighted by atomic mass is 10.1. The molecule has 118 valence electrons. The molecule has 1 unspecified atom stereocenters. The van der Waals surface area contributed by atoms with Crippen molar-refractivity contribution in [2.24, 2.45) is 0 Å². The van der Waals surface area contributed by atoms with E-state index < -0.39 is 0 Å². The molecule has 2 aromatic rings. The highest BCUT2D eigenvalue weighted by molar-refractivity contribution is 5.99. The molecule has 1 aliphatic rings. The van der Waals surface area contributed by atoms with Crippen molar-refractivity contribution >= 4 is 22.6 Å². The lowest BCUT2D eigenvalue weighted by Gasteiger charge is -2.19. The number of H-pyrrole nitrogens is 1. The quantitative estimate of drug-likeness (QED) is 0.892. The maximum Gasteiger partial charge on any atom is 0.321 e. The topological polar surface area (TPSA) is 70.2 Å². The van der Waals surface area contributed by atoms with E-state index in [-0.39, 0.29) is 6.03 Å². The van der Waals surface area contributed by atoms with E-state index in [4.69, 9.17) is 4.74 Å². The second kappa shape index (κ2) is 6.79. The first-order chi connectivity index (χ1) is 10.7. The maximum atomic E-state index is 12.3. The van der Waals surface area contributed by atoms with Crippen molar-refractivity contribution in [3.8, 4) is 0 Å². The fourth-order valence-electron chi connectivity index (χ4n) is 2.81. The zero-order valence-corrected chi connectivity index (χ0v) is 12.8. The summed E-state index contributed by atoms with van der Waals surface area (Å²) in [5.74, 6) is 0. The predicted molar refractivity (Wildman–Crippen MR) is 86.0 cm³/mol. The summed E-state index contributed by atoms with van der Waals surface area (Å²) in [6.07, 6.45) is 6.43. The number of amides is 2. The van der Waals surface area contributed by atoms with Gasteiger partial charge >= 0.3 is 6.03 Å². The Hall–Kier alpha value is -2.08. The normalized spacial score (nSPS) is 17.8. The van der Waals surface area contributed by atoms with Crippen molar-refractivity contribution in [1.82, 2.24) is 15.1 Å². The third kappa shape index (κ3) is 3.39. The molecule has 0 bridgehead atoms. The molecule has 0 radical (unpaired) electrons. The minimum atomic E-state index is -0.102. The van der Waals surface area contributed by atoms with Crippen molar-refractivity contribution in [2.75, 3.05) is 25.5 Å². The Kier molecular flexibility index (Phi) is 4.58. The van der Waals surface area contributed by atoms with Crippen LogP contribution < -0.4 is 5.32 Å². The molecular formula is C16H22N4O2. The van der Waals surface area contributed by atoms with Gasteiger partial charge in [0.2, 0.25) is 0 Å². The molecule has 6 heteroatoms. The molecule has 2 heterocycles. The number of ether oxygens (including phenoxy) is 1. The Morgan fingerprint density at radius 3 is 3.27 bits per heavy atom. The molecule has 1 aromatic heterocycles. The first-order valence-electron chi connectivity index (χ1n) is 7.80. The van der Waals surface area contributed by atoms with E-state index in [9.17, 15) is 4.79 Å². The van der Waals surface area contributed by atoms with E-state index in [1.54, 1.807) is 11.1 Å². The molecule has 0 saturated carbocycles. The van der Waals surface area contributed by atoms with Crippen LogP contribution in [0.25, 0.3) is 10.9 Å². The molecule has 0 aliphatic carbocycles. The third-order valence-electron chi connectivity index (χ3n) is 4.11. The summed E-state index contributed by atoms with van der Waals surface area (Å²) >= 11 is 0. The van der Waals surface area contributed by atoms with Crippen molar-refractivity contribution in [3.63, 3.8) is 0 Å². The zero-order valence-electron chi connectivity index (χ0n) is 12.8. The van der Waals surface area contributed by atoms with Crippen LogP contribution in [-0.4, -0.2) is 47.4 Å². The van der Waals surface area contributed by atoms with Crippen LogP contribution in [-0.2, 0) is 4.74 Å². The number of benzene rings is 1. The van der Waals surface area contributed by atoms with Gasteiger partial charge in [0, 0.05) is 25.6 Å². The van der Waals surface area contributed by atoms with E-state index in [2.05, 4.69) is 15.5 Å². The molecule has 6 nitrogen and oxygen atoms in total. The molecule has 2 amide bonds. The number of fused-ring (bicyclic) bond motifs is 1. The van der Waals surface area contributed by atoms with Gasteiger partial charge in [0.1, 0.15) is 0 Å². The summed E-state index contributed by atoms with van der Waals surface area (Å²) < 4.78 is 5.60. The summed E-state index contributed by atoms with van der Waals surface area (Å²) in [6.45, 7) is 1.61. The number of aromatic nitrogens is 2. The van der Waals surface area contributed by atoms with E-state index in [1.165, 1.54) is 0 Å². The lowest BCUT2D eigenvalue weighted by molar-refractivity contribution is 0.101. The first kappa shape index (κ1) is 14.8. The summed E-state index contributed by atoms with van der Waals surface area (Å²) in [4.78, 5) is 14.0. The number of carbonyl (C=O) groups is 1. The van der Waals surface area contributed by atoms with Gasteiger partial charge in [-0.1, -0.05) is 12.1 Å². The Morgan fingerprint density at radius 1 is 1.55 bits per heavy atom. The number of rotatable bonds is 5. The average Bonchev–Trinajstić information content (AvgIpc) is 3.18. The number of carbonyl (C=O) groups excluding carboxylic acids is 1. The SMILES string of the molecule is CN(CCCC1CCCO1)C(=O)Nc1cccc2cn[nH]c12. The number of urea groups is 1. The van der Waals surface area contributed by atoms with Crippen LogP contribution in [0.5, 0.6) is 0 Å². The van der Waals surface area contributed by atoms with E-state index in [0.29, 0.717) is 6.10 Å². The zero-order chi connectivity index (χ0) is 15.4. The third-order valence-corrected chi connectivity index (χ3v) is 4.11. The molecule has 1 aromatic carbocycles. The van der Waals surface area contributed by atoms with E-state index in [1.807, 2.05) is 25.2 Å². The number of hydrogen-bond donors (Lipinski definition) is 2. The number of para-hydroxylation sites is 1. The van der Waals surface area contributed by atoms with Crippen LogP contribution >= 0.6 is 0 Å². The molecule has 1 aliphatic heterocycles. The number of aromatic amines is 1. The van der Waals surface area contributed by atoms with Crippen molar-refractivity contribution in [1.29, 1.82) is 0 Å². The monoisotopic (exact) mass is 302 g/mol. The summed E-state index contributed by atoms with van der Waals surface area (Å²) in [6, 6.07) is 5.64. The van der Waals surface area contributed by atoms with Crippen molar-refractivity contribution < 1.29 is 9.53 Å². The minimum Gasteiger partial charge on any atom is -0.378 e. The van der Waals surface area contributed by atoms with Crippen LogP contribution in [0.2, 0.25) is 0 Å². The van der Waals surface area contributed by atoms with Gasteiger partial charge in [0.05, 0.1) is 23.5 Å². The van der Waals surface area contributed by atoms with Gasteiger partial charge in [-0.15, -0.1) is 0 Å². The van der Waals surface area contributed by atoms with Gasteiger partial charge in [-0.25, -0.2) is 4.79 Å². The molecule has 1 fully saturated rings. The minimum absolute atomic E-state index is 0.102. The van der Waals surface area contributed by atoms with E-state index >= 15 is 0 Å². The second-order valence-corrected chi connectivity index (χ2v) is 5.77. The molecule has 0 spiro atoms. The van der Waals surface area contributed by atoms with Gasteiger partial charge in [-0.3, -0.25) is 5.10 Å². The summed E-state index contributed by atoms with van der Waals surface area (Å²) in [7, 11) is 1.82. The van der Waals surface area contributed by atoms with Crippen LogP contribution in [0.4, 0.5) is 10.5 Å². The van der Waals surface area contributed by atoms with Crippen LogP contribution in [0, 0.1) is 0 Å². The molecule has 1 saturated heterocycles. The highest BCUT2D eigenvalue weighted by atomic mass is 16.5. The number of nitrogens with one attached hydrogen (secondary N) is 2. The fraction of sp³-hybridized carbons (Fsp3) is 0.500. The highest BCUT2D eigenvalue weighted by Gasteiger charge is 2.16. The van der Waals surface area contributed by atoms with Crippen LogP contribution in [0.15, 0.2) is 24.4 Å². The molecule has 2 N–H and O–H groups in total. The van der Waals surface area contributed by atoms with Gasteiger partial charge < -0.3 is 15.0 Å². The Balaban J connectivity index is 1.51. The van der Waals surface area contributed by atoms with E-state index in [0.717, 1.165) is 55.4 Å². The molecule has 22 heavy (non-hydrogen) atoms. The maximum absolute atomic E-state index is 12.3. The smallest absolute Gasteiger partial charge is 0.321 e. The van der Waals surface area contributed by atoms with Crippen LogP contribution in [0.1, 0.15) is 25.7 Å². The van der Waals surface area contributed by atoms with Gasteiger partial charge in [0.15, 0.2) is 0 Å². The summed E-state index contributed by atoms with van der Waals surface area (Å²) in [5, 5.41) is 10.8. The predicted octanol–water partition coefficient (Wildman–Crippen LogP) is 2.99. The standard InChI is InChI=1S/C16H22N4O2/c1-20(9-3-6-13-7-4-10-22-13)16(21)18-14-8-2-5-12-11-17-19-15(12)14/h2,5,8,11,13H,3-4,6-7,9-10H2,1H3,(H,17,19)(H,18,21). The Bertz CT molecular complexity index is 634.